The number of carbonyl (C=O) groups excluding carboxylic acids is 1. The molecule has 0 fully saturated rings. The number of anilines is 3. The summed E-state index contributed by atoms with van der Waals surface area (Å²) in [6.07, 6.45) is 0. The van der Waals surface area contributed by atoms with Crippen LogP contribution in [0.1, 0.15) is 17.3 Å². The second-order valence-corrected chi connectivity index (χ2v) is 11.3. The molecule has 198 valence electrons. The molecule has 0 aliphatic carbocycles. The Kier molecular flexibility index (Phi) is 9.28. The SMILES string of the molecule is C[C@H](CO)NC(=O)c1c(Nc2ccc(I)cc2F)cc(F)cc1Oc1cccc(NS(=O)(=O)N(C)C)c1. The molecule has 0 heterocycles. The third-order valence-corrected chi connectivity index (χ3v) is 7.06. The molecule has 0 bridgehead atoms. The van der Waals surface area contributed by atoms with E-state index < -0.39 is 33.8 Å². The number of halogens is 3. The van der Waals surface area contributed by atoms with Crippen LogP contribution >= 0.6 is 22.6 Å². The van der Waals surface area contributed by atoms with Gasteiger partial charge in [-0.05, 0) is 65.9 Å². The van der Waals surface area contributed by atoms with Gasteiger partial charge in [-0.25, -0.2) is 8.78 Å². The number of amides is 1. The first-order valence-corrected chi connectivity index (χ1v) is 13.4. The summed E-state index contributed by atoms with van der Waals surface area (Å²) < 4.78 is 63.4. The van der Waals surface area contributed by atoms with E-state index in [0.717, 1.165) is 16.4 Å². The summed E-state index contributed by atoms with van der Waals surface area (Å²) in [6, 6.07) is 11.5. The van der Waals surface area contributed by atoms with Crippen molar-refractivity contribution in [1.82, 2.24) is 9.62 Å². The van der Waals surface area contributed by atoms with Crippen LogP contribution in [0.15, 0.2) is 54.6 Å². The van der Waals surface area contributed by atoms with Gasteiger partial charge in [-0.1, -0.05) is 6.07 Å². The fraction of sp³-hybridized carbons (Fsp3) is 0.208. The van der Waals surface area contributed by atoms with Crippen molar-refractivity contribution in [1.29, 1.82) is 0 Å². The molecule has 4 N–H and O–H groups in total. The number of hydrogen-bond acceptors (Lipinski definition) is 6. The molecule has 0 unspecified atom stereocenters. The second-order valence-electron chi connectivity index (χ2n) is 8.15. The molecule has 3 aromatic carbocycles. The Morgan fingerprint density at radius 1 is 1.11 bits per heavy atom. The van der Waals surface area contributed by atoms with Crippen molar-refractivity contribution in [2.24, 2.45) is 0 Å². The minimum atomic E-state index is -3.80. The van der Waals surface area contributed by atoms with Crippen molar-refractivity contribution in [3.8, 4) is 11.5 Å². The van der Waals surface area contributed by atoms with Gasteiger partial charge in [0.15, 0.2) is 0 Å². The number of hydrogen-bond donors (Lipinski definition) is 4. The van der Waals surface area contributed by atoms with Crippen molar-refractivity contribution in [2.75, 3.05) is 30.7 Å². The Labute approximate surface area is 227 Å². The summed E-state index contributed by atoms with van der Waals surface area (Å²) >= 11 is 1.94. The van der Waals surface area contributed by atoms with Gasteiger partial charge in [0.05, 0.1) is 23.7 Å². The summed E-state index contributed by atoms with van der Waals surface area (Å²) in [5.74, 6) is -2.23. The number of aliphatic hydroxyl groups is 1. The molecule has 0 spiro atoms. The van der Waals surface area contributed by atoms with Gasteiger partial charge in [-0.2, -0.15) is 12.7 Å². The number of rotatable bonds is 10. The average molecular weight is 646 g/mol. The quantitative estimate of drug-likeness (QED) is 0.242. The third-order valence-electron chi connectivity index (χ3n) is 4.94. The molecule has 0 saturated heterocycles. The van der Waals surface area contributed by atoms with Crippen molar-refractivity contribution in [3.05, 3.63) is 75.4 Å². The smallest absolute Gasteiger partial charge is 0.301 e. The molecule has 37 heavy (non-hydrogen) atoms. The van der Waals surface area contributed by atoms with Crippen molar-refractivity contribution < 1.29 is 31.8 Å². The Morgan fingerprint density at radius 2 is 1.84 bits per heavy atom. The van der Waals surface area contributed by atoms with E-state index in [1.165, 1.54) is 50.5 Å². The van der Waals surface area contributed by atoms with Crippen LogP contribution in [0.3, 0.4) is 0 Å². The van der Waals surface area contributed by atoms with Crippen molar-refractivity contribution >= 4 is 55.8 Å². The number of carbonyl (C=O) groups is 1. The summed E-state index contributed by atoms with van der Waals surface area (Å²) in [7, 11) is -1.08. The Bertz CT molecular complexity index is 1410. The molecule has 0 aliphatic heterocycles. The molecule has 9 nitrogen and oxygen atoms in total. The van der Waals surface area contributed by atoms with E-state index in [-0.39, 0.29) is 40.7 Å². The highest BCUT2D eigenvalue weighted by Gasteiger charge is 2.23. The van der Waals surface area contributed by atoms with Crippen LogP contribution in [0.4, 0.5) is 25.8 Å². The lowest BCUT2D eigenvalue weighted by Gasteiger charge is -2.19. The lowest BCUT2D eigenvalue weighted by Crippen LogP contribution is -2.35. The fourth-order valence-electron chi connectivity index (χ4n) is 3.06. The van der Waals surface area contributed by atoms with Gasteiger partial charge in [0.25, 0.3) is 5.91 Å². The molecule has 13 heteroatoms. The summed E-state index contributed by atoms with van der Waals surface area (Å²) in [6.45, 7) is 1.21. The van der Waals surface area contributed by atoms with E-state index >= 15 is 0 Å². The maximum absolute atomic E-state index is 14.7. The van der Waals surface area contributed by atoms with E-state index in [9.17, 15) is 27.1 Å². The standard InChI is InChI=1S/C24H25F2IN4O5S/c1-14(13-32)28-24(33)23-21(29-20-8-7-16(27)11-19(20)26)9-15(25)10-22(23)36-18-6-4-5-17(12-18)30-37(34,35)31(2)3/h4-12,14,29-30,32H,13H2,1-3H3,(H,28,33)/t14-/m1/s1. The highest BCUT2D eigenvalue weighted by atomic mass is 127. The highest BCUT2D eigenvalue weighted by Crippen LogP contribution is 2.35. The molecule has 1 atom stereocenters. The molecule has 3 aromatic rings. The first kappa shape index (κ1) is 28.6. The minimum absolute atomic E-state index is 0.00121. The van der Waals surface area contributed by atoms with Crippen LogP contribution in [0.2, 0.25) is 0 Å². The van der Waals surface area contributed by atoms with Crippen LogP contribution in [0.5, 0.6) is 11.5 Å². The topological polar surface area (TPSA) is 120 Å². The first-order chi connectivity index (χ1) is 17.4. The molecule has 3 rings (SSSR count). The van der Waals surface area contributed by atoms with Crippen molar-refractivity contribution in [2.45, 2.75) is 13.0 Å². The van der Waals surface area contributed by atoms with Crippen LogP contribution in [-0.2, 0) is 10.2 Å². The number of nitrogens with one attached hydrogen (secondary N) is 3. The predicted octanol–water partition coefficient (Wildman–Crippen LogP) is 4.43. The van der Waals surface area contributed by atoms with Crippen LogP contribution in [-0.4, -0.2) is 50.5 Å². The maximum atomic E-state index is 14.7. The molecule has 0 aliphatic rings. The first-order valence-electron chi connectivity index (χ1n) is 10.8. The van der Waals surface area contributed by atoms with Gasteiger partial charge in [-0.3, -0.25) is 9.52 Å². The summed E-state index contributed by atoms with van der Waals surface area (Å²) in [5.41, 5.74) is -0.0655. The monoisotopic (exact) mass is 646 g/mol. The number of ether oxygens (including phenoxy) is 1. The number of aliphatic hydroxyl groups excluding tert-OH is 1. The highest BCUT2D eigenvalue weighted by molar-refractivity contribution is 14.1. The summed E-state index contributed by atoms with van der Waals surface area (Å²) in [4.78, 5) is 13.2. The normalized spacial score (nSPS) is 12.2. The van der Waals surface area contributed by atoms with Gasteiger partial charge in [0, 0.05) is 35.8 Å². The van der Waals surface area contributed by atoms with E-state index in [0.29, 0.717) is 3.57 Å². The van der Waals surface area contributed by atoms with E-state index in [2.05, 4.69) is 15.4 Å². The van der Waals surface area contributed by atoms with E-state index in [1.54, 1.807) is 13.0 Å². The molecule has 0 saturated carbocycles. The zero-order valence-electron chi connectivity index (χ0n) is 20.1. The van der Waals surface area contributed by atoms with Gasteiger partial charge in [0.2, 0.25) is 0 Å². The van der Waals surface area contributed by atoms with Gasteiger partial charge in [0.1, 0.15) is 28.7 Å². The van der Waals surface area contributed by atoms with Gasteiger partial charge < -0.3 is 20.5 Å². The number of nitrogens with zero attached hydrogens (tertiary/aromatic N) is 1. The zero-order valence-corrected chi connectivity index (χ0v) is 23.0. The molecule has 0 aromatic heterocycles. The maximum Gasteiger partial charge on any atom is 0.301 e. The Hall–Kier alpha value is -3.01. The molecule has 1 amide bonds. The Balaban J connectivity index is 2.06. The van der Waals surface area contributed by atoms with Crippen LogP contribution in [0, 0.1) is 15.2 Å². The largest absolute Gasteiger partial charge is 0.456 e. The Morgan fingerprint density at radius 3 is 2.49 bits per heavy atom. The zero-order chi connectivity index (χ0) is 27.3. The third kappa shape index (κ3) is 7.50. The van der Waals surface area contributed by atoms with Crippen LogP contribution in [0.25, 0.3) is 0 Å². The van der Waals surface area contributed by atoms with Crippen molar-refractivity contribution in [3.63, 3.8) is 0 Å². The predicted molar refractivity (Wildman–Crippen MR) is 146 cm³/mol. The molecule has 0 radical (unpaired) electrons. The minimum Gasteiger partial charge on any atom is -0.456 e. The average Bonchev–Trinajstić information content (AvgIpc) is 2.80. The molecular formula is C24H25F2IN4O5S. The second kappa shape index (κ2) is 12.0. The van der Waals surface area contributed by atoms with Gasteiger partial charge >= 0.3 is 10.2 Å². The van der Waals surface area contributed by atoms with Gasteiger partial charge in [-0.15, -0.1) is 0 Å². The molecular weight excluding hydrogens is 621 g/mol. The lowest BCUT2D eigenvalue weighted by molar-refractivity contribution is 0.0921. The van der Waals surface area contributed by atoms with E-state index in [4.69, 9.17) is 4.74 Å². The van der Waals surface area contributed by atoms with E-state index in [1.807, 2.05) is 22.6 Å². The van der Waals surface area contributed by atoms with Crippen LogP contribution < -0.4 is 20.1 Å². The number of benzene rings is 3. The lowest BCUT2D eigenvalue weighted by atomic mass is 10.1. The summed E-state index contributed by atoms with van der Waals surface area (Å²) in [5, 5.41) is 14.7. The fourth-order valence-corrected chi connectivity index (χ4v) is 4.12.